The molecule has 10 nitrogen and oxygen atoms in total. The number of anilines is 2. The first-order valence-corrected chi connectivity index (χ1v) is 11.6. The third-order valence-electron chi connectivity index (χ3n) is 5.95. The molecule has 0 aliphatic carbocycles. The van der Waals surface area contributed by atoms with Crippen molar-refractivity contribution in [1.82, 2.24) is 24.5 Å². The topological polar surface area (TPSA) is 145 Å². The number of carbonyl (C=O) groups is 1. The molecule has 0 radical (unpaired) electrons. The molecular weight excluding hydrogens is 487 g/mol. The molecule has 0 unspecified atom stereocenters. The highest BCUT2D eigenvalue weighted by atomic mass is 19.1. The number of fused-ring (bicyclic) bond motifs is 1. The number of aromatic nitrogens is 5. The second-order valence-electron chi connectivity index (χ2n) is 8.33. The van der Waals surface area contributed by atoms with Crippen LogP contribution in [0.15, 0.2) is 61.2 Å². The second-order valence-corrected chi connectivity index (χ2v) is 8.33. The van der Waals surface area contributed by atoms with Gasteiger partial charge in [0.05, 0.1) is 29.0 Å². The lowest BCUT2D eigenvalue weighted by atomic mass is 9.97. The Hall–Kier alpha value is -5.37. The van der Waals surface area contributed by atoms with Crippen molar-refractivity contribution < 1.29 is 13.9 Å². The largest absolute Gasteiger partial charge is 0.423 e. The highest BCUT2D eigenvalue weighted by Crippen LogP contribution is 2.42. The number of hydrogen-bond acceptors (Lipinski definition) is 8. The van der Waals surface area contributed by atoms with Gasteiger partial charge in [-0.1, -0.05) is 25.1 Å². The van der Waals surface area contributed by atoms with Crippen LogP contribution in [0.25, 0.3) is 33.4 Å². The standard InChI is InChI=1S/C27H21FN8O2/c1-3-21(37)35-19-7-4-15(5-8-19)24-22(23-25(30)33-14-34-26(23)36(24)2)16-6-9-20(17(10-16)11-29)38-27-31-12-18(28)13-32-27/h4-10,12-14H,3H2,1-2H3,(H,35,37)(H2,30,33,34). The van der Waals surface area contributed by atoms with Crippen LogP contribution in [0.2, 0.25) is 0 Å². The first-order valence-electron chi connectivity index (χ1n) is 11.6. The summed E-state index contributed by atoms with van der Waals surface area (Å²) in [5, 5.41) is 13.3. The van der Waals surface area contributed by atoms with Crippen LogP contribution >= 0.6 is 0 Å². The van der Waals surface area contributed by atoms with Crippen LogP contribution in [-0.2, 0) is 11.8 Å². The summed E-state index contributed by atoms with van der Waals surface area (Å²) in [6.45, 7) is 1.79. The number of amides is 1. The molecule has 11 heteroatoms. The quantitative estimate of drug-likeness (QED) is 0.332. The number of nitrogen functional groups attached to an aromatic ring is 1. The molecular formula is C27H21FN8O2. The molecule has 188 valence electrons. The first kappa shape index (κ1) is 24.3. The van der Waals surface area contributed by atoms with E-state index in [0.717, 1.165) is 29.2 Å². The van der Waals surface area contributed by atoms with Gasteiger partial charge in [0, 0.05) is 24.7 Å². The molecule has 0 aliphatic heterocycles. The van der Waals surface area contributed by atoms with Gasteiger partial charge >= 0.3 is 6.01 Å². The van der Waals surface area contributed by atoms with Gasteiger partial charge in [0.1, 0.15) is 29.6 Å². The van der Waals surface area contributed by atoms with Crippen molar-refractivity contribution in [3.63, 3.8) is 0 Å². The first-order chi connectivity index (χ1) is 18.4. The van der Waals surface area contributed by atoms with Crippen LogP contribution in [0.5, 0.6) is 11.8 Å². The zero-order chi connectivity index (χ0) is 26.8. The molecule has 3 N–H and O–H groups in total. The summed E-state index contributed by atoms with van der Waals surface area (Å²) in [6, 6.07) is 14.5. The summed E-state index contributed by atoms with van der Waals surface area (Å²) in [5.74, 6) is -0.178. The van der Waals surface area contributed by atoms with Crippen molar-refractivity contribution in [2.45, 2.75) is 13.3 Å². The minimum atomic E-state index is -0.600. The predicted molar refractivity (Wildman–Crippen MR) is 139 cm³/mol. The minimum absolute atomic E-state index is 0.0801. The Morgan fingerprint density at radius 3 is 2.50 bits per heavy atom. The third kappa shape index (κ3) is 4.46. The van der Waals surface area contributed by atoms with Gasteiger partial charge in [0.15, 0.2) is 5.82 Å². The van der Waals surface area contributed by atoms with Crippen molar-refractivity contribution in [3.8, 4) is 40.2 Å². The van der Waals surface area contributed by atoms with Gasteiger partial charge in [0.2, 0.25) is 5.91 Å². The smallest absolute Gasteiger partial charge is 0.322 e. The average molecular weight is 509 g/mol. The Morgan fingerprint density at radius 1 is 1.11 bits per heavy atom. The van der Waals surface area contributed by atoms with E-state index in [4.69, 9.17) is 10.5 Å². The summed E-state index contributed by atoms with van der Waals surface area (Å²) >= 11 is 0. The number of nitriles is 1. The number of halogens is 1. The zero-order valence-electron chi connectivity index (χ0n) is 20.4. The Balaban J connectivity index is 1.65. The van der Waals surface area contributed by atoms with Crippen LogP contribution in [0.1, 0.15) is 18.9 Å². The molecule has 0 saturated heterocycles. The van der Waals surface area contributed by atoms with Crippen molar-refractivity contribution in [1.29, 1.82) is 5.26 Å². The van der Waals surface area contributed by atoms with Crippen LogP contribution in [0.3, 0.4) is 0 Å². The van der Waals surface area contributed by atoms with Gasteiger partial charge in [-0.05, 0) is 35.4 Å². The molecule has 38 heavy (non-hydrogen) atoms. The lowest BCUT2D eigenvalue weighted by molar-refractivity contribution is -0.115. The summed E-state index contributed by atoms with van der Waals surface area (Å²) < 4.78 is 20.7. The number of carbonyl (C=O) groups excluding carboxylic acids is 1. The molecule has 0 saturated carbocycles. The van der Waals surface area contributed by atoms with Crippen molar-refractivity contribution in [2.24, 2.45) is 7.05 Å². The minimum Gasteiger partial charge on any atom is -0.423 e. The number of rotatable bonds is 6. The molecule has 5 rings (SSSR count). The SMILES string of the molecule is CCC(=O)Nc1ccc(-c2c(-c3ccc(Oc4ncc(F)cn4)c(C#N)c3)c3c(N)ncnc3n2C)cc1. The van der Waals surface area contributed by atoms with E-state index in [1.807, 2.05) is 35.9 Å². The zero-order valence-corrected chi connectivity index (χ0v) is 20.4. The molecule has 0 atom stereocenters. The van der Waals surface area contributed by atoms with Gasteiger partial charge < -0.3 is 20.4 Å². The van der Waals surface area contributed by atoms with Gasteiger partial charge in [0.25, 0.3) is 0 Å². The highest BCUT2D eigenvalue weighted by molar-refractivity contribution is 6.08. The van der Waals surface area contributed by atoms with E-state index < -0.39 is 5.82 Å². The number of benzene rings is 2. The Morgan fingerprint density at radius 2 is 1.82 bits per heavy atom. The number of ether oxygens (including phenoxy) is 1. The molecule has 0 fully saturated rings. The van der Waals surface area contributed by atoms with Gasteiger partial charge in [-0.3, -0.25) is 4.79 Å². The van der Waals surface area contributed by atoms with Crippen molar-refractivity contribution in [3.05, 3.63) is 72.6 Å². The predicted octanol–water partition coefficient (Wildman–Crippen LogP) is 4.83. The van der Waals surface area contributed by atoms with Crippen LogP contribution in [0.4, 0.5) is 15.9 Å². The third-order valence-corrected chi connectivity index (χ3v) is 5.95. The van der Waals surface area contributed by atoms with Gasteiger partial charge in [-0.15, -0.1) is 0 Å². The monoisotopic (exact) mass is 508 g/mol. The summed E-state index contributed by atoms with van der Waals surface area (Å²) in [5.41, 5.74) is 10.9. The number of nitrogens with one attached hydrogen (secondary N) is 1. The van der Waals surface area contributed by atoms with E-state index in [1.165, 1.54) is 6.33 Å². The molecule has 1 amide bonds. The van der Waals surface area contributed by atoms with E-state index in [9.17, 15) is 14.4 Å². The molecule has 3 heterocycles. The fourth-order valence-electron chi connectivity index (χ4n) is 4.17. The van der Waals surface area contributed by atoms with E-state index in [0.29, 0.717) is 28.7 Å². The maximum Gasteiger partial charge on any atom is 0.322 e. The summed E-state index contributed by atoms with van der Waals surface area (Å²) in [4.78, 5) is 28.0. The highest BCUT2D eigenvalue weighted by Gasteiger charge is 2.23. The fraction of sp³-hybridized carbons (Fsp3) is 0.111. The van der Waals surface area contributed by atoms with Gasteiger partial charge in [-0.2, -0.15) is 5.26 Å². The number of nitrogens with zero attached hydrogens (tertiary/aromatic N) is 6. The number of hydrogen-bond donors (Lipinski definition) is 2. The van der Waals surface area contributed by atoms with Crippen LogP contribution in [0, 0.1) is 17.1 Å². The molecule has 3 aromatic heterocycles. The van der Waals surface area contributed by atoms with Crippen LogP contribution in [-0.4, -0.2) is 30.4 Å². The Kier molecular flexibility index (Phi) is 6.37. The van der Waals surface area contributed by atoms with E-state index >= 15 is 0 Å². The average Bonchev–Trinajstić information content (AvgIpc) is 3.24. The van der Waals surface area contributed by atoms with E-state index in [-0.39, 0.29) is 29.0 Å². The Labute approximate surface area is 216 Å². The van der Waals surface area contributed by atoms with Crippen LogP contribution < -0.4 is 15.8 Å². The molecule has 0 spiro atoms. The van der Waals surface area contributed by atoms with Crippen molar-refractivity contribution in [2.75, 3.05) is 11.1 Å². The lowest BCUT2D eigenvalue weighted by Crippen LogP contribution is -2.09. The normalized spacial score (nSPS) is 10.8. The molecule has 0 aliphatic rings. The maximum atomic E-state index is 13.2. The number of aryl methyl sites for hydroxylation is 1. The van der Waals surface area contributed by atoms with E-state index in [2.05, 4.69) is 31.3 Å². The summed E-state index contributed by atoms with van der Waals surface area (Å²) in [7, 11) is 1.87. The summed E-state index contributed by atoms with van der Waals surface area (Å²) in [6.07, 6.45) is 3.73. The molecule has 0 bridgehead atoms. The fourth-order valence-corrected chi connectivity index (χ4v) is 4.17. The van der Waals surface area contributed by atoms with Gasteiger partial charge in [-0.25, -0.2) is 24.3 Å². The van der Waals surface area contributed by atoms with Crippen molar-refractivity contribution >= 4 is 28.4 Å². The molecule has 5 aromatic rings. The second kappa shape index (κ2) is 9.94. The number of nitrogens with two attached hydrogens (primary N) is 1. The Bertz CT molecular complexity index is 1710. The molecule has 2 aromatic carbocycles. The lowest BCUT2D eigenvalue weighted by Gasteiger charge is -2.12. The van der Waals surface area contributed by atoms with E-state index in [1.54, 1.807) is 25.1 Å². The maximum absolute atomic E-state index is 13.2.